The van der Waals surface area contributed by atoms with E-state index in [0.29, 0.717) is 28.1 Å². The molecule has 0 saturated carbocycles. The molecule has 1 atom stereocenters. The molecule has 0 spiro atoms. The summed E-state index contributed by atoms with van der Waals surface area (Å²) in [6.45, 7) is 0.0879. The van der Waals surface area contributed by atoms with Crippen molar-refractivity contribution in [1.82, 2.24) is 10.2 Å². The van der Waals surface area contributed by atoms with Crippen molar-refractivity contribution in [2.45, 2.75) is 18.9 Å². The van der Waals surface area contributed by atoms with E-state index in [2.05, 4.69) is 10.2 Å². The van der Waals surface area contributed by atoms with Gasteiger partial charge in [-0.2, -0.15) is 0 Å². The zero-order valence-corrected chi connectivity index (χ0v) is 17.7. The van der Waals surface area contributed by atoms with Crippen LogP contribution < -0.4 is 9.47 Å². The second-order valence-electron chi connectivity index (χ2n) is 7.80. The average molecular weight is 459 g/mol. The number of H-pyrrole nitrogens is 1. The summed E-state index contributed by atoms with van der Waals surface area (Å²) in [6, 6.07) is 19.7. The fourth-order valence-electron chi connectivity index (χ4n) is 4.01. The van der Waals surface area contributed by atoms with Gasteiger partial charge < -0.3 is 9.47 Å². The Hall–Kier alpha value is -4.53. The summed E-state index contributed by atoms with van der Waals surface area (Å²) in [5.41, 5.74) is 2.99. The number of nitrogens with zero attached hydrogens (tertiary/aromatic N) is 2. The number of nitro benzene ring substituents is 1. The number of nitrogens with one attached hydrogen (secondary N) is 1. The van der Waals surface area contributed by atoms with Crippen molar-refractivity contribution >= 4 is 11.7 Å². The molecule has 0 bridgehead atoms. The molecule has 0 aliphatic carbocycles. The first-order chi connectivity index (χ1) is 16.5. The molecule has 9 heteroatoms. The van der Waals surface area contributed by atoms with Gasteiger partial charge in [0.05, 0.1) is 22.6 Å². The SMILES string of the molecule is O=C1C[C@H](c2ccc(OCc3ccccc3F)cc2)c2c(n[nH]c2-c2cccc([N+](=O)[O-])c2)O1. The first-order valence-corrected chi connectivity index (χ1v) is 10.5. The van der Waals surface area contributed by atoms with Gasteiger partial charge in [0.2, 0.25) is 5.88 Å². The van der Waals surface area contributed by atoms with Gasteiger partial charge in [-0.05, 0) is 23.8 Å². The summed E-state index contributed by atoms with van der Waals surface area (Å²) < 4.78 is 24.8. The van der Waals surface area contributed by atoms with Crippen molar-refractivity contribution in [2.75, 3.05) is 0 Å². The number of nitro groups is 1. The Kier molecular flexibility index (Phi) is 5.51. The van der Waals surface area contributed by atoms with Gasteiger partial charge in [0, 0.05) is 29.2 Å². The van der Waals surface area contributed by atoms with Gasteiger partial charge in [-0.3, -0.25) is 20.0 Å². The Morgan fingerprint density at radius 3 is 2.68 bits per heavy atom. The smallest absolute Gasteiger partial charge is 0.313 e. The number of benzene rings is 3. The second kappa shape index (κ2) is 8.78. The molecular weight excluding hydrogens is 441 g/mol. The van der Waals surface area contributed by atoms with Crippen LogP contribution >= 0.6 is 0 Å². The van der Waals surface area contributed by atoms with Gasteiger partial charge in [-0.25, -0.2) is 4.39 Å². The number of aromatic nitrogens is 2. The van der Waals surface area contributed by atoms with Crippen LogP contribution in [0.5, 0.6) is 11.6 Å². The topological polar surface area (TPSA) is 107 Å². The Bertz CT molecular complexity index is 1380. The molecule has 0 radical (unpaired) electrons. The lowest BCUT2D eigenvalue weighted by Crippen LogP contribution is -2.20. The van der Waals surface area contributed by atoms with E-state index in [1.165, 1.54) is 18.2 Å². The standard InChI is InChI=1S/C25H18FN3O5/c26-21-7-2-1-4-17(21)14-33-19-10-8-15(9-11-19)20-13-22(30)34-25-23(20)24(27-28-25)16-5-3-6-18(12-16)29(31)32/h1-12,20H,13-14H2,(H,27,28)/t20-/m1/s1. The summed E-state index contributed by atoms with van der Waals surface area (Å²) in [5.74, 6) is -0.417. The van der Waals surface area contributed by atoms with Crippen LogP contribution in [0.1, 0.15) is 29.0 Å². The molecule has 0 amide bonds. The molecule has 0 unspecified atom stereocenters. The predicted molar refractivity (Wildman–Crippen MR) is 120 cm³/mol. The van der Waals surface area contributed by atoms with Crippen LogP contribution in [-0.2, 0) is 11.4 Å². The quantitative estimate of drug-likeness (QED) is 0.243. The maximum Gasteiger partial charge on any atom is 0.313 e. The molecule has 1 N–H and O–H groups in total. The zero-order chi connectivity index (χ0) is 23.7. The van der Waals surface area contributed by atoms with Crippen molar-refractivity contribution in [3.63, 3.8) is 0 Å². The number of non-ortho nitro benzene ring substituents is 1. The van der Waals surface area contributed by atoms with E-state index >= 15 is 0 Å². The van der Waals surface area contributed by atoms with E-state index in [9.17, 15) is 19.3 Å². The van der Waals surface area contributed by atoms with Gasteiger partial charge >= 0.3 is 5.97 Å². The fourth-order valence-corrected chi connectivity index (χ4v) is 4.01. The van der Waals surface area contributed by atoms with Gasteiger partial charge in [-0.1, -0.05) is 42.5 Å². The van der Waals surface area contributed by atoms with Gasteiger partial charge in [0.15, 0.2) is 0 Å². The third kappa shape index (κ3) is 4.11. The van der Waals surface area contributed by atoms with Crippen molar-refractivity contribution in [2.24, 2.45) is 0 Å². The minimum absolute atomic E-state index is 0.0541. The first-order valence-electron chi connectivity index (χ1n) is 10.5. The minimum atomic E-state index is -0.468. The number of carbonyl (C=O) groups excluding carboxylic acids is 1. The van der Waals surface area contributed by atoms with Crippen LogP contribution in [0.4, 0.5) is 10.1 Å². The lowest BCUT2D eigenvalue weighted by Gasteiger charge is -2.22. The summed E-state index contributed by atoms with van der Waals surface area (Å²) in [5, 5.41) is 18.2. The molecule has 170 valence electrons. The lowest BCUT2D eigenvalue weighted by atomic mass is 9.85. The number of esters is 1. The summed E-state index contributed by atoms with van der Waals surface area (Å²) >= 11 is 0. The highest BCUT2D eigenvalue weighted by Gasteiger charge is 2.34. The van der Waals surface area contributed by atoms with E-state index in [1.54, 1.807) is 42.5 Å². The monoisotopic (exact) mass is 459 g/mol. The number of ether oxygens (including phenoxy) is 2. The van der Waals surface area contributed by atoms with E-state index < -0.39 is 10.9 Å². The van der Waals surface area contributed by atoms with Crippen LogP contribution in [0.15, 0.2) is 72.8 Å². The Balaban J connectivity index is 1.44. The number of halogens is 1. The molecule has 34 heavy (non-hydrogen) atoms. The summed E-state index contributed by atoms with van der Waals surface area (Å²) in [4.78, 5) is 23.0. The van der Waals surface area contributed by atoms with E-state index in [4.69, 9.17) is 9.47 Å². The van der Waals surface area contributed by atoms with Crippen LogP contribution in [-0.4, -0.2) is 21.1 Å². The molecule has 1 aromatic heterocycles. The number of hydrogen-bond donors (Lipinski definition) is 1. The second-order valence-corrected chi connectivity index (χ2v) is 7.80. The van der Waals surface area contributed by atoms with Crippen molar-refractivity contribution in [1.29, 1.82) is 0 Å². The predicted octanol–water partition coefficient (Wildman–Crippen LogP) is 5.14. The molecule has 0 saturated heterocycles. The normalized spacial score (nSPS) is 14.9. The van der Waals surface area contributed by atoms with E-state index in [-0.39, 0.29) is 36.3 Å². The maximum atomic E-state index is 13.8. The first kappa shape index (κ1) is 21.3. The largest absolute Gasteiger partial charge is 0.489 e. The number of aromatic amines is 1. The molecule has 0 fully saturated rings. The molecule has 1 aliphatic rings. The van der Waals surface area contributed by atoms with Gasteiger partial charge in [-0.15, -0.1) is 5.10 Å². The van der Waals surface area contributed by atoms with E-state index in [1.807, 2.05) is 12.1 Å². The molecular formula is C25H18FN3O5. The average Bonchev–Trinajstić information content (AvgIpc) is 3.27. The minimum Gasteiger partial charge on any atom is -0.489 e. The third-order valence-corrected chi connectivity index (χ3v) is 5.68. The molecule has 1 aliphatic heterocycles. The highest BCUT2D eigenvalue weighted by atomic mass is 19.1. The van der Waals surface area contributed by atoms with Gasteiger partial charge in [0.1, 0.15) is 18.2 Å². The highest BCUT2D eigenvalue weighted by Crippen LogP contribution is 2.43. The number of hydrogen-bond acceptors (Lipinski definition) is 6. The Morgan fingerprint density at radius 1 is 1.12 bits per heavy atom. The highest BCUT2D eigenvalue weighted by molar-refractivity contribution is 5.80. The summed E-state index contributed by atoms with van der Waals surface area (Å²) in [7, 11) is 0. The molecule has 4 aromatic rings. The van der Waals surface area contributed by atoms with Gasteiger partial charge in [0.25, 0.3) is 5.69 Å². The lowest BCUT2D eigenvalue weighted by molar-refractivity contribution is -0.384. The zero-order valence-electron chi connectivity index (χ0n) is 17.7. The Labute approximate surface area is 193 Å². The number of fused-ring (bicyclic) bond motifs is 1. The van der Waals surface area contributed by atoms with E-state index in [0.717, 1.165) is 5.56 Å². The Morgan fingerprint density at radius 2 is 1.91 bits per heavy atom. The molecule has 8 nitrogen and oxygen atoms in total. The van der Waals surface area contributed by atoms with Crippen molar-refractivity contribution < 1.29 is 23.6 Å². The fraction of sp³-hybridized carbons (Fsp3) is 0.120. The van der Waals surface area contributed by atoms with Crippen molar-refractivity contribution in [3.8, 4) is 22.9 Å². The summed E-state index contributed by atoms with van der Waals surface area (Å²) in [6.07, 6.45) is 0.0872. The van der Waals surface area contributed by atoms with Crippen LogP contribution in [0.25, 0.3) is 11.3 Å². The van der Waals surface area contributed by atoms with Crippen LogP contribution in [0, 0.1) is 15.9 Å². The molecule has 3 aromatic carbocycles. The number of carbonyl (C=O) groups is 1. The van der Waals surface area contributed by atoms with Crippen LogP contribution in [0.3, 0.4) is 0 Å². The maximum absolute atomic E-state index is 13.8. The van der Waals surface area contributed by atoms with Crippen molar-refractivity contribution in [3.05, 3.63) is 105 Å². The molecule has 2 heterocycles. The third-order valence-electron chi connectivity index (χ3n) is 5.68. The van der Waals surface area contributed by atoms with Crippen LogP contribution in [0.2, 0.25) is 0 Å². The number of rotatable bonds is 6. The molecule has 5 rings (SSSR count).